The highest BCUT2D eigenvalue weighted by Gasteiger charge is 2.28. The molecule has 0 aliphatic carbocycles. The third-order valence-electron chi connectivity index (χ3n) is 5.91. The van der Waals surface area contributed by atoms with Crippen molar-refractivity contribution < 1.29 is 31.4 Å². The Bertz CT molecular complexity index is 1660. The van der Waals surface area contributed by atoms with Crippen LogP contribution >= 0.6 is 23.2 Å². The van der Waals surface area contributed by atoms with Gasteiger partial charge in [-0.1, -0.05) is 28.4 Å². The van der Waals surface area contributed by atoms with Crippen LogP contribution in [0.3, 0.4) is 0 Å². The molecular weight excluding hydrogens is 602 g/mol. The summed E-state index contributed by atoms with van der Waals surface area (Å²) in [7, 11) is 0. The van der Waals surface area contributed by atoms with Crippen LogP contribution in [-0.4, -0.2) is 58.2 Å². The maximum absolute atomic E-state index is 15.2. The van der Waals surface area contributed by atoms with Gasteiger partial charge in [-0.15, -0.1) is 10.2 Å². The smallest absolute Gasteiger partial charge is 0.345 e. The molecule has 0 aliphatic rings. The van der Waals surface area contributed by atoms with Gasteiger partial charge in [0.2, 0.25) is 5.69 Å². The third-order valence-corrected chi connectivity index (χ3v) is 6.46. The van der Waals surface area contributed by atoms with Gasteiger partial charge in [-0.05, 0) is 28.6 Å². The van der Waals surface area contributed by atoms with Gasteiger partial charge in [0.05, 0.1) is 34.6 Å². The molecule has 0 radical (unpaired) electrons. The van der Waals surface area contributed by atoms with E-state index in [1.807, 2.05) is 0 Å². The Labute approximate surface area is 236 Å². The molecule has 0 fully saturated rings. The Morgan fingerprint density at radius 3 is 2.54 bits per heavy atom. The highest BCUT2D eigenvalue weighted by atomic mass is 35.5. The maximum atomic E-state index is 15.2. The van der Waals surface area contributed by atoms with Crippen LogP contribution in [0.2, 0.25) is 10.2 Å². The number of pyridine rings is 1. The van der Waals surface area contributed by atoms with Crippen molar-refractivity contribution >= 4 is 23.2 Å². The largest absolute Gasteiger partial charge is 0.618 e. The average molecular weight is 617 g/mol. The SMILES string of the molecule is [O-][n+]1cc(-c2c(-n3cnnn3)ccc(Cl)c2F)ccc1C(CCOC(F)F)n1cc(-c2c(Cl)nnn2C(F)F)cn1. The third kappa shape index (κ3) is 5.68. The van der Waals surface area contributed by atoms with Crippen LogP contribution in [0.4, 0.5) is 22.0 Å². The van der Waals surface area contributed by atoms with Crippen molar-refractivity contribution in [2.45, 2.75) is 25.6 Å². The highest BCUT2D eigenvalue weighted by molar-refractivity contribution is 6.31. The molecule has 5 aromatic rings. The minimum Gasteiger partial charge on any atom is -0.618 e. The van der Waals surface area contributed by atoms with E-state index in [2.05, 4.69) is 35.7 Å². The number of alkyl halides is 4. The summed E-state index contributed by atoms with van der Waals surface area (Å²) in [4.78, 5) is 0. The number of nitrogens with zero attached hydrogens (tertiary/aromatic N) is 10. The van der Waals surface area contributed by atoms with E-state index in [9.17, 15) is 22.8 Å². The topological polar surface area (TPSA) is 128 Å². The van der Waals surface area contributed by atoms with Crippen molar-refractivity contribution in [3.05, 3.63) is 76.1 Å². The van der Waals surface area contributed by atoms with Gasteiger partial charge in [-0.25, -0.2) is 4.39 Å². The summed E-state index contributed by atoms with van der Waals surface area (Å²) in [6, 6.07) is 4.46. The van der Waals surface area contributed by atoms with Crippen LogP contribution in [0.25, 0.3) is 28.1 Å². The number of aromatic nitrogens is 10. The molecule has 4 aromatic heterocycles. The zero-order valence-corrected chi connectivity index (χ0v) is 21.7. The quantitative estimate of drug-likeness (QED) is 0.128. The van der Waals surface area contributed by atoms with E-state index in [0.29, 0.717) is 4.73 Å². The first kappa shape index (κ1) is 28.3. The van der Waals surface area contributed by atoms with Gasteiger partial charge in [-0.2, -0.15) is 36.8 Å². The van der Waals surface area contributed by atoms with Gasteiger partial charge in [0.1, 0.15) is 18.1 Å². The monoisotopic (exact) mass is 616 g/mol. The van der Waals surface area contributed by atoms with Crippen molar-refractivity contribution in [3.8, 4) is 28.1 Å². The first-order valence-electron chi connectivity index (χ1n) is 11.4. The number of hydrogen-bond donors (Lipinski definition) is 0. The van der Waals surface area contributed by atoms with Crippen molar-refractivity contribution in [1.82, 2.24) is 45.0 Å². The number of benzene rings is 1. The lowest BCUT2D eigenvalue weighted by molar-refractivity contribution is -0.615. The standard InChI is InChI=1S/C22H15Cl2F5N10O2/c23-13-2-4-16(37-10-30-33-35-37)17(18(13)25)11-1-3-15(38(40)9-11)14(5-6-41-22(28)29)36-8-12(7-31-36)19-20(24)32-34-39(19)21(26)27/h1-4,7-10,14,21-22H,5-6H2. The molecule has 0 saturated heterocycles. The first-order chi connectivity index (χ1) is 19.7. The number of rotatable bonds is 10. The van der Waals surface area contributed by atoms with Gasteiger partial charge in [0.15, 0.2) is 17.2 Å². The summed E-state index contributed by atoms with van der Waals surface area (Å²) >= 11 is 11.9. The van der Waals surface area contributed by atoms with E-state index in [1.54, 1.807) is 0 Å². The van der Waals surface area contributed by atoms with Crippen molar-refractivity contribution in [2.24, 2.45) is 0 Å². The van der Waals surface area contributed by atoms with Crippen LogP contribution in [0.5, 0.6) is 0 Å². The second kappa shape index (κ2) is 11.7. The van der Waals surface area contributed by atoms with Gasteiger partial charge >= 0.3 is 13.2 Å². The highest BCUT2D eigenvalue weighted by Crippen LogP contribution is 2.34. The lowest BCUT2D eigenvalue weighted by atomic mass is 10.0. The molecule has 0 saturated carbocycles. The number of ether oxygens (including phenoxy) is 1. The van der Waals surface area contributed by atoms with Gasteiger partial charge in [-0.3, -0.25) is 4.68 Å². The summed E-state index contributed by atoms with van der Waals surface area (Å²) in [5.41, 5.74) is 0.0104. The van der Waals surface area contributed by atoms with Crippen LogP contribution < -0.4 is 4.73 Å². The number of hydrogen-bond acceptors (Lipinski definition) is 8. The molecule has 19 heteroatoms. The molecule has 4 heterocycles. The molecule has 12 nitrogen and oxygen atoms in total. The average Bonchev–Trinajstić information content (AvgIpc) is 3.69. The molecule has 0 amide bonds. The summed E-state index contributed by atoms with van der Waals surface area (Å²) in [6.45, 7) is -6.64. The lowest BCUT2D eigenvalue weighted by Gasteiger charge is -2.18. The van der Waals surface area contributed by atoms with Gasteiger partial charge in [0, 0.05) is 24.2 Å². The van der Waals surface area contributed by atoms with Gasteiger partial charge in [0.25, 0.3) is 0 Å². The summed E-state index contributed by atoms with van der Waals surface area (Å²) < 4.78 is 74.8. The summed E-state index contributed by atoms with van der Waals surface area (Å²) in [6.07, 6.45) is 4.54. The zero-order chi connectivity index (χ0) is 29.3. The van der Waals surface area contributed by atoms with Crippen LogP contribution in [0, 0.1) is 11.0 Å². The molecule has 0 bridgehead atoms. The van der Waals surface area contributed by atoms with Crippen LogP contribution in [-0.2, 0) is 4.74 Å². The Morgan fingerprint density at radius 1 is 1.05 bits per heavy atom. The molecule has 41 heavy (non-hydrogen) atoms. The van der Waals surface area contributed by atoms with Crippen molar-refractivity contribution in [2.75, 3.05) is 6.61 Å². The van der Waals surface area contributed by atoms with E-state index in [1.165, 1.54) is 52.4 Å². The molecule has 0 spiro atoms. The summed E-state index contributed by atoms with van der Waals surface area (Å²) in [5, 5.41) is 34.4. The molecule has 1 aromatic carbocycles. The molecule has 214 valence electrons. The fourth-order valence-corrected chi connectivity index (χ4v) is 4.54. The lowest BCUT2D eigenvalue weighted by Crippen LogP contribution is -2.36. The molecule has 0 aliphatic heterocycles. The Kier molecular flexibility index (Phi) is 8.09. The Morgan fingerprint density at radius 2 is 1.85 bits per heavy atom. The van der Waals surface area contributed by atoms with E-state index in [0.717, 1.165) is 6.20 Å². The molecular formula is C22H15Cl2F5N10O2. The fourth-order valence-electron chi connectivity index (χ4n) is 4.15. The van der Waals surface area contributed by atoms with E-state index >= 15 is 4.39 Å². The second-order valence-corrected chi connectivity index (χ2v) is 9.04. The molecule has 5 rings (SSSR count). The number of halogens is 7. The summed E-state index contributed by atoms with van der Waals surface area (Å²) in [5.74, 6) is -0.841. The first-order valence-corrected chi connectivity index (χ1v) is 12.2. The van der Waals surface area contributed by atoms with Gasteiger partial charge < -0.3 is 9.94 Å². The van der Waals surface area contributed by atoms with Crippen molar-refractivity contribution in [1.29, 1.82) is 0 Å². The van der Waals surface area contributed by atoms with E-state index in [4.69, 9.17) is 23.2 Å². The minimum absolute atomic E-state index is 0.0146. The van der Waals surface area contributed by atoms with Crippen molar-refractivity contribution in [3.63, 3.8) is 0 Å². The molecule has 1 unspecified atom stereocenters. The Hall–Kier alpha value is -4.22. The molecule has 0 N–H and O–H groups in total. The van der Waals surface area contributed by atoms with E-state index < -0.39 is 31.6 Å². The van der Waals surface area contributed by atoms with Crippen LogP contribution in [0.15, 0.2) is 49.2 Å². The van der Waals surface area contributed by atoms with Crippen LogP contribution in [0.1, 0.15) is 24.7 Å². The zero-order valence-electron chi connectivity index (χ0n) is 20.2. The molecule has 1 atom stereocenters. The fraction of sp³-hybridized carbons (Fsp3) is 0.227. The predicted octanol–water partition coefficient (Wildman–Crippen LogP) is 4.48. The van der Waals surface area contributed by atoms with E-state index in [-0.39, 0.29) is 55.0 Å². The minimum atomic E-state index is -3.08. The normalized spacial score (nSPS) is 12.5. The Balaban J connectivity index is 1.56. The predicted molar refractivity (Wildman–Crippen MR) is 131 cm³/mol. The maximum Gasteiger partial charge on any atom is 0.345 e. The number of tetrazole rings is 1. The second-order valence-electron chi connectivity index (χ2n) is 8.27.